The van der Waals surface area contributed by atoms with Gasteiger partial charge >= 0.3 is 0 Å². The summed E-state index contributed by atoms with van der Waals surface area (Å²) >= 11 is 0. The summed E-state index contributed by atoms with van der Waals surface area (Å²) in [6.45, 7) is 6.81. The van der Waals surface area contributed by atoms with E-state index < -0.39 is 0 Å². The summed E-state index contributed by atoms with van der Waals surface area (Å²) in [5.74, 6) is 3.49. The number of hydrogen-bond donors (Lipinski definition) is 3. The highest BCUT2D eigenvalue weighted by Crippen LogP contribution is 2.81. The Morgan fingerprint density at radius 2 is 1.89 bits per heavy atom. The minimum atomic E-state index is 0.242. The lowest BCUT2D eigenvalue weighted by Gasteiger charge is -2.33. The highest BCUT2D eigenvalue weighted by atomic mass is 15.2. The van der Waals surface area contributed by atoms with Crippen molar-refractivity contribution in [3.05, 3.63) is 89.6 Å². The lowest BCUT2D eigenvalue weighted by atomic mass is 9.87. The van der Waals surface area contributed by atoms with Gasteiger partial charge in [0.15, 0.2) is 0 Å². The molecule has 0 bridgehead atoms. The smallest absolute Gasteiger partial charge is 0.149 e. The molecular weight excluding hydrogens is 442 g/mol. The first-order chi connectivity index (χ1) is 17.6. The summed E-state index contributed by atoms with van der Waals surface area (Å²) in [4.78, 5) is 4.57. The minimum Gasteiger partial charge on any atom is -0.380 e. The maximum Gasteiger partial charge on any atom is 0.149 e. The van der Waals surface area contributed by atoms with Crippen LogP contribution in [0.1, 0.15) is 42.9 Å². The largest absolute Gasteiger partial charge is 0.380 e. The average Bonchev–Trinajstić information content (AvgIpc) is 3.87. The van der Waals surface area contributed by atoms with E-state index >= 15 is 0 Å². The van der Waals surface area contributed by atoms with Crippen LogP contribution >= 0.6 is 0 Å². The van der Waals surface area contributed by atoms with Crippen LogP contribution in [0.3, 0.4) is 0 Å². The highest BCUT2D eigenvalue weighted by molar-refractivity contribution is 5.68. The van der Waals surface area contributed by atoms with Crippen LogP contribution in [0, 0.1) is 34.5 Å². The molecule has 8 atom stereocenters. The van der Waals surface area contributed by atoms with Crippen LogP contribution < -0.4 is 16.0 Å². The van der Waals surface area contributed by atoms with Crippen LogP contribution in [0.15, 0.2) is 72.9 Å². The van der Waals surface area contributed by atoms with Gasteiger partial charge in [-0.3, -0.25) is 0 Å². The third-order valence-electron chi connectivity index (χ3n) is 9.81. The lowest BCUT2D eigenvalue weighted by molar-refractivity contribution is 0.358. The number of nitrogens with zero attached hydrogens (tertiary/aromatic N) is 2. The Labute approximate surface area is 213 Å². The number of pyridine rings is 1. The maximum absolute atomic E-state index is 9.10. The van der Waals surface area contributed by atoms with Crippen molar-refractivity contribution < 1.29 is 0 Å². The molecule has 0 radical (unpaired) electrons. The molecule has 7 rings (SSSR count). The molecule has 0 saturated heterocycles. The molecule has 2 heterocycles. The summed E-state index contributed by atoms with van der Waals surface area (Å²) in [6, 6.07) is 26.6. The fourth-order valence-corrected chi connectivity index (χ4v) is 7.56. The highest BCUT2D eigenvalue weighted by Gasteiger charge is 2.88. The Balaban J connectivity index is 1.03. The van der Waals surface area contributed by atoms with Crippen molar-refractivity contribution in [2.45, 2.75) is 43.7 Å². The van der Waals surface area contributed by atoms with Crippen molar-refractivity contribution in [2.24, 2.45) is 23.2 Å². The van der Waals surface area contributed by atoms with Gasteiger partial charge in [0, 0.05) is 36.8 Å². The Morgan fingerprint density at radius 3 is 2.67 bits per heavy atom. The summed E-state index contributed by atoms with van der Waals surface area (Å²) in [7, 11) is 0. The van der Waals surface area contributed by atoms with Crippen LogP contribution in [-0.2, 0) is 5.41 Å². The number of anilines is 2. The monoisotopic (exact) mass is 475 g/mol. The molecular formula is C31H33N5. The standard InChI is InChI=1S/C31H33N5/c1-19(21-12-10-20(16-32)11-13-21)23-15-30(23,2)18-35-28-27-26(31(27,28)22-7-4-3-5-8-22)25-17-34-24-9-6-14-33-29(24)36-25/h3-14,19,23,25-28,34-35H,15,17-18H2,1-2H3,(H,33,36)/t19?,23-,25-,26?,27-,28?,30-,31-/m0/s1. The molecule has 3 fully saturated rings. The van der Waals surface area contributed by atoms with E-state index in [4.69, 9.17) is 5.26 Å². The molecule has 2 aromatic carbocycles. The van der Waals surface area contributed by atoms with Crippen LogP contribution in [-0.4, -0.2) is 30.2 Å². The van der Waals surface area contributed by atoms with Crippen molar-refractivity contribution in [3.8, 4) is 6.07 Å². The number of nitrogens with one attached hydrogen (secondary N) is 3. The van der Waals surface area contributed by atoms with E-state index in [0.717, 1.165) is 30.2 Å². The molecule has 0 amide bonds. The Bertz CT molecular complexity index is 1330. The van der Waals surface area contributed by atoms with E-state index in [0.29, 0.717) is 41.2 Å². The second kappa shape index (κ2) is 7.82. The Hall–Kier alpha value is -3.36. The van der Waals surface area contributed by atoms with Gasteiger partial charge in [-0.15, -0.1) is 0 Å². The molecule has 3 aliphatic carbocycles. The molecule has 5 heteroatoms. The van der Waals surface area contributed by atoms with Crippen molar-refractivity contribution in [3.63, 3.8) is 0 Å². The van der Waals surface area contributed by atoms with Gasteiger partial charge < -0.3 is 16.0 Å². The van der Waals surface area contributed by atoms with E-state index in [1.54, 1.807) is 0 Å². The van der Waals surface area contributed by atoms with Crippen LogP contribution in [0.4, 0.5) is 11.5 Å². The zero-order valence-electron chi connectivity index (χ0n) is 20.9. The first kappa shape index (κ1) is 21.9. The number of hydrogen-bond acceptors (Lipinski definition) is 5. The molecule has 3 saturated carbocycles. The minimum absolute atomic E-state index is 0.242. The Kier molecular flexibility index (Phi) is 4.75. The second-order valence-electron chi connectivity index (χ2n) is 11.7. The summed E-state index contributed by atoms with van der Waals surface area (Å²) in [5, 5.41) is 20.5. The number of nitriles is 1. The molecule has 1 aromatic heterocycles. The fraction of sp³-hybridized carbons (Fsp3) is 0.419. The van der Waals surface area contributed by atoms with Crippen molar-refractivity contribution in [1.29, 1.82) is 5.26 Å². The van der Waals surface area contributed by atoms with Gasteiger partial charge in [-0.25, -0.2) is 4.98 Å². The van der Waals surface area contributed by atoms with E-state index in [2.05, 4.69) is 89.4 Å². The maximum atomic E-state index is 9.10. The predicted octanol–water partition coefficient (Wildman–Crippen LogP) is 5.14. The van der Waals surface area contributed by atoms with E-state index in [9.17, 15) is 0 Å². The molecule has 182 valence electrons. The predicted molar refractivity (Wildman–Crippen MR) is 143 cm³/mol. The zero-order valence-corrected chi connectivity index (χ0v) is 20.9. The topological polar surface area (TPSA) is 72.8 Å². The quantitative estimate of drug-likeness (QED) is 0.441. The second-order valence-corrected chi connectivity index (χ2v) is 11.7. The molecule has 0 spiro atoms. The molecule has 3 aromatic rings. The molecule has 4 aliphatic rings. The van der Waals surface area contributed by atoms with E-state index in [1.807, 2.05) is 24.4 Å². The molecule has 3 unspecified atom stereocenters. The summed E-state index contributed by atoms with van der Waals surface area (Å²) in [5.41, 5.74) is 5.25. The van der Waals surface area contributed by atoms with Crippen LogP contribution in [0.25, 0.3) is 0 Å². The first-order valence-corrected chi connectivity index (χ1v) is 13.3. The van der Waals surface area contributed by atoms with Gasteiger partial charge in [-0.05, 0) is 70.9 Å². The van der Waals surface area contributed by atoms with Gasteiger partial charge in [-0.2, -0.15) is 5.26 Å². The SMILES string of the molecule is CC(c1ccc(C#N)cc1)[C@@H]1C[C@@]1(C)CNC1[C@@H]2C([C@@H]3CNc4cccnc4N3)[C@]12c1ccccc1. The van der Waals surface area contributed by atoms with Gasteiger partial charge in [0.25, 0.3) is 0 Å². The third kappa shape index (κ3) is 3.21. The third-order valence-corrected chi connectivity index (χ3v) is 9.81. The van der Waals surface area contributed by atoms with Crippen LogP contribution in [0.5, 0.6) is 0 Å². The fourth-order valence-electron chi connectivity index (χ4n) is 7.56. The summed E-state index contributed by atoms with van der Waals surface area (Å²) in [6.07, 6.45) is 3.13. The van der Waals surface area contributed by atoms with Gasteiger partial charge in [0.2, 0.25) is 0 Å². The van der Waals surface area contributed by atoms with E-state index in [1.165, 1.54) is 17.5 Å². The van der Waals surface area contributed by atoms with E-state index in [-0.39, 0.29) is 5.41 Å². The first-order valence-electron chi connectivity index (χ1n) is 13.3. The van der Waals surface area contributed by atoms with Crippen molar-refractivity contribution >= 4 is 11.5 Å². The summed E-state index contributed by atoms with van der Waals surface area (Å²) < 4.78 is 0. The Morgan fingerprint density at radius 1 is 1.08 bits per heavy atom. The number of aromatic nitrogens is 1. The number of fused-ring (bicyclic) bond motifs is 2. The average molecular weight is 476 g/mol. The molecule has 3 N–H and O–H groups in total. The normalized spacial score (nSPS) is 35.8. The van der Waals surface area contributed by atoms with Crippen molar-refractivity contribution in [2.75, 3.05) is 23.7 Å². The zero-order chi connectivity index (χ0) is 24.5. The van der Waals surface area contributed by atoms with Crippen LogP contribution in [0.2, 0.25) is 0 Å². The van der Waals surface area contributed by atoms with Crippen molar-refractivity contribution in [1.82, 2.24) is 10.3 Å². The molecule has 36 heavy (non-hydrogen) atoms. The van der Waals surface area contributed by atoms with Gasteiger partial charge in [0.1, 0.15) is 5.82 Å². The number of rotatable bonds is 7. The van der Waals surface area contributed by atoms with Gasteiger partial charge in [0.05, 0.1) is 17.3 Å². The number of benzene rings is 2. The molecule has 5 nitrogen and oxygen atoms in total. The molecule has 1 aliphatic heterocycles. The lowest BCUT2D eigenvalue weighted by Crippen LogP contribution is -2.45. The van der Waals surface area contributed by atoms with Gasteiger partial charge in [-0.1, -0.05) is 56.3 Å².